The van der Waals surface area contributed by atoms with Crippen LogP contribution in [0.25, 0.3) is 21.3 Å². The van der Waals surface area contributed by atoms with Gasteiger partial charge in [-0.2, -0.15) is 4.98 Å². The van der Waals surface area contributed by atoms with E-state index in [0.29, 0.717) is 5.28 Å². The number of nitrogens with zero attached hydrogens (tertiary/aromatic N) is 3. The number of thiophene rings is 1. The fourth-order valence-electron chi connectivity index (χ4n) is 3.28. The van der Waals surface area contributed by atoms with E-state index >= 15 is 0 Å². The summed E-state index contributed by atoms with van der Waals surface area (Å²) < 4.78 is 5.28. The summed E-state index contributed by atoms with van der Waals surface area (Å²) in [5, 5.41) is 4.79. The lowest BCUT2D eigenvalue weighted by molar-refractivity contribution is 0.415. The second-order valence-corrected chi connectivity index (χ2v) is 7.54. The lowest BCUT2D eigenvalue weighted by Gasteiger charge is -2.29. The van der Waals surface area contributed by atoms with Gasteiger partial charge in [0, 0.05) is 36.6 Å². The zero-order valence-electron chi connectivity index (χ0n) is 14.2. The third-order valence-corrected chi connectivity index (χ3v) is 5.64. The molecule has 5 nitrogen and oxygen atoms in total. The monoisotopic (exact) mass is 374 g/mol. The van der Waals surface area contributed by atoms with Gasteiger partial charge in [0.2, 0.25) is 5.28 Å². The van der Waals surface area contributed by atoms with Crippen LogP contribution in [0, 0.1) is 6.92 Å². The van der Waals surface area contributed by atoms with Crippen LogP contribution in [0.15, 0.2) is 24.3 Å². The minimum atomic E-state index is 0.309. The van der Waals surface area contributed by atoms with Crippen LogP contribution in [0.3, 0.4) is 0 Å². The maximum atomic E-state index is 6.22. The normalized spacial score (nSPS) is 14.9. The van der Waals surface area contributed by atoms with E-state index < -0.39 is 0 Å². The summed E-state index contributed by atoms with van der Waals surface area (Å²) >= 11 is 7.88. The first-order chi connectivity index (χ1) is 12.2. The maximum absolute atomic E-state index is 6.22. The predicted octanol–water partition coefficient (Wildman–Crippen LogP) is 3.74. The van der Waals surface area contributed by atoms with E-state index in [2.05, 4.69) is 39.2 Å². The fourth-order valence-corrected chi connectivity index (χ4v) is 4.53. The molecule has 0 atom stereocenters. The standard InChI is InChI=1S/C18H19ClN4OS/c1-11-14(12-3-5-13(24-2)6-4-12)15-16(23-9-7-20-8-10-23)21-18(19)22-17(15)25-11/h3-6,20H,7-10H2,1-2H3. The number of anilines is 1. The second-order valence-electron chi connectivity index (χ2n) is 6.00. The van der Waals surface area contributed by atoms with Crippen LogP contribution in [0.4, 0.5) is 5.82 Å². The Bertz CT molecular complexity index is 904. The van der Waals surface area contributed by atoms with E-state index in [1.165, 1.54) is 10.4 Å². The second kappa shape index (κ2) is 6.78. The van der Waals surface area contributed by atoms with Crippen LogP contribution in [-0.4, -0.2) is 43.3 Å². The van der Waals surface area contributed by atoms with Gasteiger partial charge in [-0.05, 0) is 36.2 Å². The lowest BCUT2D eigenvalue weighted by Crippen LogP contribution is -2.44. The van der Waals surface area contributed by atoms with Crippen molar-refractivity contribution in [2.45, 2.75) is 6.92 Å². The molecule has 0 unspecified atom stereocenters. The number of halogens is 1. The predicted molar refractivity (Wildman–Crippen MR) is 104 cm³/mol. The summed E-state index contributed by atoms with van der Waals surface area (Å²) in [5.74, 6) is 1.79. The Kier molecular flexibility index (Phi) is 4.50. The molecule has 3 aromatic rings. The van der Waals surface area contributed by atoms with Crippen LogP contribution in [0.5, 0.6) is 5.75 Å². The molecule has 7 heteroatoms. The Labute approximate surface area is 155 Å². The largest absolute Gasteiger partial charge is 0.497 e. The number of rotatable bonds is 3. The summed E-state index contributed by atoms with van der Waals surface area (Å²) in [6.45, 7) is 5.86. The van der Waals surface area contributed by atoms with E-state index in [-0.39, 0.29) is 0 Å². The maximum Gasteiger partial charge on any atom is 0.225 e. The summed E-state index contributed by atoms with van der Waals surface area (Å²) in [7, 11) is 1.68. The average Bonchev–Trinajstić information content (AvgIpc) is 2.97. The van der Waals surface area contributed by atoms with Crippen molar-refractivity contribution in [3.05, 3.63) is 34.4 Å². The number of nitrogens with one attached hydrogen (secondary N) is 1. The van der Waals surface area contributed by atoms with Crippen molar-refractivity contribution < 1.29 is 4.74 Å². The molecule has 0 amide bonds. The Balaban J connectivity index is 1.92. The molecule has 0 bridgehead atoms. The number of piperazine rings is 1. The Morgan fingerprint density at radius 2 is 1.88 bits per heavy atom. The SMILES string of the molecule is COc1ccc(-c2c(C)sc3nc(Cl)nc(N4CCNCC4)c23)cc1. The van der Waals surface area contributed by atoms with Gasteiger partial charge in [0.15, 0.2) is 0 Å². The van der Waals surface area contributed by atoms with Gasteiger partial charge >= 0.3 is 0 Å². The van der Waals surface area contributed by atoms with Crippen LogP contribution in [0.2, 0.25) is 5.28 Å². The molecule has 1 N–H and O–H groups in total. The average molecular weight is 375 g/mol. The number of ether oxygens (including phenoxy) is 1. The van der Waals surface area contributed by atoms with Gasteiger partial charge in [-0.3, -0.25) is 0 Å². The van der Waals surface area contributed by atoms with Gasteiger partial charge in [-0.15, -0.1) is 11.3 Å². The van der Waals surface area contributed by atoms with Crippen LogP contribution >= 0.6 is 22.9 Å². The molecule has 0 spiro atoms. The zero-order valence-corrected chi connectivity index (χ0v) is 15.7. The number of benzene rings is 1. The Morgan fingerprint density at radius 3 is 2.56 bits per heavy atom. The van der Waals surface area contributed by atoms with Crippen molar-refractivity contribution in [3.63, 3.8) is 0 Å². The number of aryl methyl sites for hydroxylation is 1. The third-order valence-electron chi connectivity index (χ3n) is 4.48. The van der Waals surface area contributed by atoms with Gasteiger partial charge in [0.05, 0.1) is 12.5 Å². The molecule has 2 aromatic heterocycles. The highest BCUT2D eigenvalue weighted by molar-refractivity contribution is 7.19. The van der Waals surface area contributed by atoms with Gasteiger partial charge in [0.25, 0.3) is 0 Å². The van der Waals surface area contributed by atoms with Crippen molar-refractivity contribution in [3.8, 4) is 16.9 Å². The molecule has 1 saturated heterocycles. The number of hydrogen-bond donors (Lipinski definition) is 1. The van der Waals surface area contributed by atoms with E-state index in [9.17, 15) is 0 Å². The molecule has 25 heavy (non-hydrogen) atoms. The summed E-state index contributed by atoms with van der Waals surface area (Å²) in [6, 6.07) is 8.14. The molecule has 1 aromatic carbocycles. The smallest absolute Gasteiger partial charge is 0.225 e. The zero-order chi connectivity index (χ0) is 17.4. The van der Waals surface area contributed by atoms with Crippen LogP contribution < -0.4 is 15.0 Å². The molecule has 1 aliphatic rings. The number of hydrogen-bond acceptors (Lipinski definition) is 6. The van der Waals surface area contributed by atoms with Gasteiger partial charge in [-0.25, -0.2) is 4.98 Å². The van der Waals surface area contributed by atoms with Gasteiger partial charge in [0.1, 0.15) is 16.4 Å². The van der Waals surface area contributed by atoms with Crippen LogP contribution in [-0.2, 0) is 0 Å². The summed E-state index contributed by atoms with van der Waals surface area (Å²) in [5.41, 5.74) is 2.33. The first-order valence-corrected chi connectivity index (χ1v) is 9.43. The molecular weight excluding hydrogens is 356 g/mol. The molecular formula is C18H19ClN4OS. The number of aromatic nitrogens is 2. The number of fused-ring (bicyclic) bond motifs is 1. The summed E-state index contributed by atoms with van der Waals surface area (Å²) in [6.07, 6.45) is 0. The molecule has 0 aliphatic carbocycles. The number of methoxy groups -OCH3 is 1. The molecule has 1 fully saturated rings. The summed E-state index contributed by atoms with van der Waals surface area (Å²) in [4.78, 5) is 13.5. The fraction of sp³-hybridized carbons (Fsp3) is 0.333. The Morgan fingerprint density at radius 1 is 1.16 bits per heavy atom. The van der Waals surface area contributed by atoms with E-state index in [4.69, 9.17) is 16.3 Å². The minimum absolute atomic E-state index is 0.309. The van der Waals surface area contributed by atoms with Crippen molar-refractivity contribution in [1.82, 2.24) is 15.3 Å². The van der Waals surface area contributed by atoms with Crippen LogP contribution in [0.1, 0.15) is 4.88 Å². The van der Waals surface area contributed by atoms with E-state index in [1.807, 2.05) is 12.1 Å². The van der Waals surface area contributed by atoms with Crippen molar-refractivity contribution in [1.29, 1.82) is 0 Å². The van der Waals surface area contributed by atoms with Crippen molar-refractivity contribution in [2.75, 3.05) is 38.2 Å². The highest BCUT2D eigenvalue weighted by Gasteiger charge is 2.22. The van der Waals surface area contributed by atoms with Crippen molar-refractivity contribution in [2.24, 2.45) is 0 Å². The highest BCUT2D eigenvalue weighted by atomic mass is 35.5. The highest BCUT2D eigenvalue weighted by Crippen LogP contribution is 2.42. The molecule has 1 aliphatic heterocycles. The minimum Gasteiger partial charge on any atom is -0.497 e. The van der Waals surface area contributed by atoms with Crippen molar-refractivity contribution >= 4 is 39.0 Å². The quantitative estimate of drug-likeness (QED) is 0.708. The molecule has 3 heterocycles. The molecule has 130 valence electrons. The Hall–Kier alpha value is -1.89. The van der Waals surface area contributed by atoms with E-state index in [0.717, 1.165) is 53.5 Å². The molecule has 0 radical (unpaired) electrons. The van der Waals surface area contributed by atoms with Gasteiger partial charge in [-0.1, -0.05) is 12.1 Å². The topological polar surface area (TPSA) is 50.3 Å². The van der Waals surface area contributed by atoms with Gasteiger partial charge < -0.3 is 15.0 Å². The lowest BCUT2D eigenvalue weighted by atomic mass is 10.0. The first-order valence-electron chi connectivity index (χ1n) is 8.24. The van der Waals surface area contributed by atoms with E-state index in [1.54, 1.807) is 18.4 Å². The first kappa shape index (κ1) is 16.6. The third kappa shape index (κ3) is 3.05. The molecule has 4 rings (SSSR count). The molecule has 0 saturated carbocycles.